The van der Waals surface area contributed by atoms with Gasteiger partial charge in [0.2, 0.25) is 5.91 Å². The molecule has 1 atom stereocenters. The Hall–Kier alpha value is -2.36. The zero-order chi connectivity index (χ0) is 16.5. The fourth-order valence-electron chi connectivity index (χ4n) is 2.16. The molecular formula is C12H12F3N3O4. The lowest BCUT2D eigenvalue weighted by Crippen LogP contribution is -2.48. The predicted molar refractivity (Wildman–Crippen MR) is 69.2 cm³/mol. The molecule has 1 fully saturated rings. The van der Waals surface area contributed by atoms with E-state index in [9.17, 15) is 28.1 Å². The largest absolute Gasteiger partial charge is 0.423 e. The van der Waals surface area contributed by atoms with Crippen LogP contribution in [0, 0.1) is 10.1 Å². The number of carbonyl (C=O) groups excluding carboxylic acids is 1. The number of halogens is 3. The molecule has 1 aliphatic rings. The maximum Gasteiger partial charge on any atom is 0.423 e. The van der Waals surface area contributed by atoms with Crippen LogP contribution < -0.4 is 10.6 Å². The van der Waals surface area contributed by atoms with Crippen LogP contribution in [0.1, 0.15) is 5.56 Å². The van der Waals surface area contributed by atoms with Gasteiger partial charge >= 0.3 is 6.18 Å². The molecule has 7 nitrogen and oxygen atoms in total. The van der Waals surface area contributed by atoms with E-state index in [1.807, 2.05) is 0 Å². The van der Waals surface area contributed by atoms with Crippen molar-refractivity contribution in [1.82, 2.24) is 0 Å². The number of nitrogens with zero attached hydrogens (tertiary/aromatic N) is 2. The topological polar surface area (TPSA) is 98.7 Å². The fraction of sp³-hybridized carbons (Fsp3) is 0.417. The van der Waals surface area contributed by atoms with Crippen molar-refractivity contribution in [3.8, 4) is 0 Å². The monoisotopic (exact) mass is 319 g/mol. The summed E-state index contributed by atoms with van der Waals surface area (Å²) in [6, 6.07) is 2.70. The summed E-state index contributed by atoms with van der Waals surface area (Å²) in [4.78, 5) is 22.2. The van der Waals surface area contributed by atoms with E-state index < -0.39 is 34.4 Å². The lowest BCUT2D eigenvalue weighted by Gasteiger charge is -2.33. The van der Waals surface area contributed by atoms with Crippen LogP contribution in [0.2, 0.25) is 0 Å². The molecule has 120 valence electrons. The third kappa shape index (κ3) is 3.27. The Bertz CT molecular complexity index is 606. The minimum absolute atomic E-state index is 0.00948. The molecule has 10 heteroatoms. The second-order valence-corrected chi connectivity index (χ2v) is 4.66. The molecule has 1 amide bonds. The number of anilines is 1. The van der Waals surface area contributed by atoms with E-state index in [1.54, 1.807) is 0 Å². The van der Waals surface area contributed by atoms with Crippen molar-refractivity contribution in [2.45, 2.75) is 12.3 Å². The zero-order valence-electron chi connectivity index (χ0n) is 11.2. The van der Waals surface area contributed by atoms with E-state index in [2.05, 4.69) is 0 Å². The third-order valence-corrected chi connectivity index (χ3v) is 3.23. The Morgan fingerprint density at radius 1 is 1.45 bits per heavy atom. The first-order valence-corrected chi connectivity index (χ1v) is 6.21. The number of primary amides is 1. The molecule has 0 bridgehead atoms. The Labute approximate surface area is 122 Å². The lowest BCUT2D eigenvalue weighted by atomic mass is 10.1. The number of ether oxygens (including phenoxy) is 1. The number of carbonyl (C=O) groups is 1. The van der Waals surface area contributed by atoms with Crippen molar-refractivity contribution in [1.29, 1.82) is 0 Å². The minimum Gasteiger partial charge on any atom is -0.367 e. The van der Waals surface area contributed by atoms with Gasteiger partial charge in [-0.1, -0.05) is 0 Å². The Balaban J connectivity index is 2.36. The van der Waals surface area contributed by atoms with Gasteiger partial charge in [-0.05, 0) is 12.1 Å². The first-order chi connectivity index (χ1) is 10.2. The molecule has 0 saturated carbocycles. The number of rotatable bonds is 3. The van der Waals surface area contributed by atoms with Crippen LogP contribution in [-0.2, 0) is 15.7 Å². The zero-order valence-corrected chi connectivity index (χ0v) is 11.2. The van der Waals surface area contributed by atoms with Crippen molar-refractivity contribution in [2.24, 2.45) is 5.73 Å². The molecule has 1 unspecified atom stereocenters. The molecule has 2 N–H and O–H groups in total. The van der Waals surface area contributed by atoms with Crippen LogP contribution in [0.25, 0.3) is 0 Å². The predicted octanol–water partition coefficient (Wildman–Crippen LogP) is 1.30. The molecule has 22 heavy (non-hydrogen) atoms. The van der Waals surface area contributed by atoms with E-state index in [-0.39, 0.29) is 25.4 Å². The van der Waals surface area contributed by atoms with Crippen molar-refractivity contribution in [3.63, 3.8) is 0 Å². The van der Waals surface area contributed by atoms with Crippen molar-refractivity contribution in [3.05, 3.63) is 33.9 Å². The minimum atomic E-state index is -4.85. The molecule has 0 radical (unpaired) electrons. The number of nitrogens with two attached hydrogens (primary N) is 1. The maximum absolute atomic E-state index is 12.9. The molecule has 1 saturated heterocycles. The van der Waals surface area contributed by atoms with Crippen LogP contribution in [0.3, 0.4) is 0 Å². The maximum atomic E-state index is 12.9. The van der Waals surface area contributed by atoms with Crippen LogP contribution in [0.15, 0.2) is 18.2 Å². The first kappa shape index (κ1) is 16.0. The summed E-state index contributed by atoms with van der Waals surface area (Å²) in [5.41, 5.74) is 2.87. The van der Waals surface area contributed by atoms with Gasteiger partial charge in [0, 0.05) is 18.3 Å². The van der Waals surface area contributed by atoms with E-state index >= 15 is 0 Å². The average Bonchev–Trinajstić information content (AvgIpc) is 2.45. The summed E-state index contributed by atoms with van der Waals surface area (Å²) in [5.74, 6) is -0.720. The smallest absolute Gasteiger partial charge is 0.367 e. The van der Waals surface area contributed by atoms with E-state index in [0.29, 0.717) is 6.07 Å². The average molecular weight is 319 g/mol. The van der Waals surface area contributed by atoms with Gasteiger partial charge in [0.05, 0.1) is 18.1 Å². The fourth-order valence-corrected chi connectivity index (χ4v) is 2.16. The highest BCUT2D eigenvalue weighted by molar-refractivity contribution is 5.80. The molecule has 1 aromatic rings. The highest BCUT2D eigenvalue weighted by Crippen LogP contribution is 2.38. The van der Waals surface area contributed by atoms with Crippen LogP contribution >= 0.6 is 0 Å². The highest BCUT2D eigenvalue weighted by atomic mass is 19.4. The SMILES string of the molecule is NC(=O)C1CN(c2ccc([N+](=O)[O-])c(C(F)(F)F)c2)CCO1. The molecular weight excluding hydrogens is 307 g/mol. The Morgan fingerprint density at radius 3 is 2.68 bits per heavy atom. The van der Waals surface area contributed by atoms with Gasteiger partial charge < -0.3 is 15.4 Å². The number of hydrogen-bond donors (Lipinski definition) is 1. The normalized spacial score (nSPS) is 19.0. The van der Waals surface area contributed by atoms with Gasteiger partial charge in [0.1, 0.15) is 5.56 Å². The van der Waals surface area contributed by atoms with E-state index in [0.717, 1.165) is 6.07 Å². The third-order valence-electron chi connectivity index (χ3n) is 3.23. The second kappa shape index (κ2) is 5.79. The van der Waals surface area contributed by atoms with E-state index in [1.165, 1.54) is 11.0 Å². The van der Waals surface area contributed by atoms with Gasteiger partial charge in [0.15, 0.2) is 6.10 Å². The number of benzene rings is 1. The molecule has 1 aromatic carbocycles. The summed E-state index contributed by atoms with van der Waals surface area (Å²) < 4.78 is 43.9. The van der Waals surface area contributed by atoms with Gasteiger partial charge in [-0.3, -0.25) is 14.9 Å². The Morgan fingerprint density at radius 2 is 2.14 bits per heavy atom. The van der Waals surface area contributed by atoms with E-state index in [4.69, 9.17) is 10.5 Å². The summed E-state index contributed by atoms with van der Waals surface area (Å²) >= 11 is 0. The highest BCUT2D eigenvalue weighted by Gasteiger charge is 2.39. The van der Waals surface area contributed by atoms with Crippen LogP contribution in [0.4, 0.5) is 24.5 Å². The Kier molecular flexibility index (Phi) is 4.22. The van der Waals surface area contributed by atoms with Gasteiger partial charge in [-0.25, -0.2) is 0 Å². The van der Waals surface area contributed by atoms with Crippen molar-refractivity contribution >= 4 is 17.3 Å². The summed E-state index contributed by atoms with van der Waals surface area (Å²) in [6.07, 6.45) is -5.79. The van der Waals surface area contributed by atoms with Gasteiger partial charge in [0.25, 0.3) is 5.69 Å². The number of alkyl halides is 3. The summed E-state index contributed by atoms with van der Waals surface area (Å²) in [6.45, 7) is 0.356. The number of morpholine rings is 1. The second-order valence-electron chi connectivity index (χ2n) is 4.66. The standard InChI is InChI=1S/C12H12F3N3O4/c13-12(14,15)8-5-7(1-2-9(8)18(20)21)17-3-4-22-10(6-17)11(16)19/h1-2,5,10H,3-4,6H2,(H2,16,19). The molecule has 1 heterocycles. The van der Waals surface area contributed by atoms with Crippen molar-refractivity contribution < 1.29 is 27.6 Å². The van der Waals surface area contributed by atoms with Gasteiger partial charge in [-0.15, -0.1) is 0 Å². The number of nitro benzene ring substituents is 1. The number of amides is 1. The summed E-state index contributed by atoms with van der Waals surface area (Å²) in [7, 11) is 0. The quantitative estimate of drug-likeness (QED) is 0.669. The molecule has 0 aliphatic carbocycles. The van der Waals surface area contributed by atoms with Crippen LogP contribution in [-0.4, -0.2) is 36.6 Å². The molecule has 1 aliphatic heterocycles. The van der Waals surface area contributed by atoms with Crippen molar-refractivity contribution in [2.75, 3.05) is 24.6 Å². The van der Waals surface area contributed by atoms with Crippen LogP contribution in [0.5, 0.6) is 0 Å². The van der Waals surface area contributed by atoms with Gasteiger partial charge in [-0.2, -0.15) is 13.2 Å². The molecule has 2 rings (SSSR count). The number of hydrogen-bond acceptors (Lipinski definition) is 5. The number of nitro groups is 1. The first-order valence-electron chi connectivity index (χ1n) is 6.21. The molecule has 0 spiro atoms. The molecule has 0 aromatic heterocycles. The summed E-state index contributed by atoms with van der Waals surface area (Å²) in [5, 5.41) is 10.7. The lowest BCUT2D eigenvalue weighted by molar-refractivity contribution is -0.388.